The lowest BCUT2D eigenvalue weighted by atomic mass is 9.76. The van der Waals surface area contributed by atoms with Gasteiger partial charge in [0.25, 0.3) is 0 Å². The van der Waals surface area contributed by atoms with Crippen LogP contribution in [0.3, 0.4) is 0 Å². The lowest BCUT2D eigenvalue weighted by Crippen LogP contribution is -2.47. The third-order valence-electron chi connectivity index (χ3n) is 8.81. The summed E-state index contributed by atoms with van der Waals surface area (Å²) in [5, 5.41) is -0.433. The molecule has 2 aromatic heterocycles. The van der Waals surface area contributed by atoms with Gasteiger partial charge >= 0.3 is 0 Å². The van der Waals surface area contributed by atoms with Gasteiger partial charge in [0.15, 0.2) is 9.84 Å². The van der Waals surface area contributed by atoms with Gasteiger partial charge in [0, 0.05) is 41.2 Å². The number of sulfone groups is 1. The van der Waals surface area contributed by atoms with Gasteiger partial charge in [-0.1, -0.05) is 19.9 Å². The number of fused-ring (bicyclic) bond motifs is 2. The number of benzene rings is 1. The highest BCUT2D eigenvalue weighted by Gasteiger charge is 2.41. The molecule has 0 atom stereocenters. The zero-order valence-corrected chi connectivity index (χ0v) is 24.5. The van der Waals surface area contributed by atoms with E-state index in [2.05, 4.69) is 39.7 Å². The van der Waals surface area contributed by atoms with Gasteiger partial charge in [0.2, 0.25) is 0 Å². The molecular weight excluding hydrogens is 524 g/mol. The predicted octanol–water partition coefficient (Wildman–Crippen LogP) is 3.90. The smallest absolute Gasteiger partial charge is 0.185 e. The molecule has 10 heteroatoms. The molecule has 1 saturated carbocycles. The average molecular weight is 563 g/mol. The normalized spacial score (nSPS) is 22.1. The minimum Gasteiger partial charge on any atom is -0.491 e. The summed E-state index contributed by atoms with van der Waals surface area (Å²) in [6.07, 6.45) is 7.58. The summed E-state index contributed by atoms with van der Waals surface area (Å²) in [7, 11) is 0.382. The van der Waals surface area contributed by atoms with E-state index in [1.165, 1.54) is 5.56 Å². The lowest BCUT2D eigenvalue weighted by Gasteiger charge is -2.39. The molecule has 0 amide bonds. The van der Waals surface area contributed by atoms with Crippen LogP contribution < -0.4 is 15.4 Å². The standard InChI is InChI=1S/C30H38N6O3S/c1-30(2)8-7-25-24(15-30)29(34-18-33-25)36-9-10-39-26-6-5-19(11-21(26)17-36)20-12-27(28(31)32-16-20)40(37,38)23-13-22(14-23)35(3)4/h5-6,11-12,16,18,22-23H,7-10,13-15,17H2,1-4H3,(H2,31,32). The molecule has 1 fully saturated rings. The highest BCUT2D eigenvalue weighted by Crippen LogP contribution is 2.40. The van der Waals surface area contributed by atoms with Crippen molar-refractivity contribution in [3.63, 3.8) is 0 Å². The van der Waals surface area contributed by atoms with Crippen LogP contribution in [0.25, 0.3) is 11.1 Å². The Balaban J connectivity index is 1.30. The van der Waals surface area contributed by atoms with Crippen LogP contribution in [-0.2, 0) is 29.2 Å². The molecule has 1 aromatic carbocycles. The number of hydrogen-bond donors (Lipinski definition) is 1. The molecule has 212 valence electrons. The Labute approximate surface area is 236 Å². The highest BCUT2D eigenvalue weighted by molar-refractivity contribution is 7.92. The topological polar surface area (TPSA) is 115 Å². The van der Waals surface area contributed by atoms with Gasteiger partial charge in [-0.05, 0) is 75.4 Å². The Hall–Kier alpha value is -3.24. The van der Waals surface area contributed by atoms with Crippen LogP contribution in [-0.4, -0.2) is 66.8 Å². The number of nitrogens with zero attached hydrogens (tertiary/aromatic N) is 5. The molecule has 3 heterocycles. The molecule has 2 aliphatic carbocycles. The summed E-state index contributed by atoms with van der Waals surface area (Å²) >= 11 is 0. The molecule has 3 aromatic rings. The van der Waals surface area contributed by atoms with Gasteiger partial charge in [-0.15, -0.1) is 0 Å². The summed E-state index contributed by atoms with van der Waals surface area (Å²) in [5.74, 6) is 1.87. The summed E-state index contributed by atoms with van der Waals surface area (Å²) in [5.41, 5.74) is 11.3. The number of nitrogen functional groups attached to an aromatic ring is 1. The molecule has 9 nitrogen and oxygen atoms in total. The molecule has 0 spiro atoms. The van der Waals surface area contributed by atoms with E-state index in [0.29, 0.717) is 26.0 Å². The quantitative estimate of drug-likeness (QED) is 0.494. The number of nitrogens with two attached hydrogens (primary N) is 1. The zero-order chi connectivity index (χ0) is 28.2. The molecule has 0 radical (unpaired) electrons. The van der Waals surface area contributed by atoms with Crippen LogP contribution in [0, 0.1) is 5.41 Å². The second-order valence-electron chi connectivity index (χ2n) is 12.4. The van der Waals surface area contributed by atoms with Gasteiger partial charge in [-0.2, -0.15) is 0 Å². The first kappa shape index (κ1) is 27.0. The lowest BCUT2D eigenvalue weighted by molar-refractivity contribution is 0.196. The minimum absolute atomic E-state index is 0.0535. The summed E-state index contributed by atoms with van der Waals surface area (Å²) < 4.78 is 33.0. The third kappa shape index (κ3) is 4.92. The second-order valence-corrected chi connectivity index (χ2v) is 14.6. The van der Waals surface area contributed by atoms with Crippen molar-refractivity contribution in [3.8, 4) is 16.9 Å². The average Bonchev–Trinajstić information content (AvgIpc) is 3.08. The monoisotopic (exact) mass is 562 g/mol. The van der Waals surface area contributed by atoms with Gasteiger partial charge in [-0.3, -0.25) is 0 Å². The highest BCUT2D eigenvalue weighted by atomic mass is 32.2. The molecule has 40 heavy (non-hydrogen) atoms. The van der Waals surface area contributed by atoms with E-state index in [9.17, 15) is 8.42 Å². The van der Waals surface area contributed by atoms with E-state index in [1.54, 1.807) is 18.6 Å². The van der Waals surface area contributed by atoms with Crippen molar-refractivity contribution >= 4 is 21.5 Å². The Kier molecular flexibility index (Phi) is 6.73. The molecule has 6 rings (SSSR count). The van der Waals surface area contributed by atoms with E-state index in [0.717, 1.165) is 59.8 Å². The zero-order valence-electron chi connectivity index (χ0n) is 23.7. The Morgan fingerprint density at radius 2 is 1.90 bits per heavy atom. The number of rotatable bonds is 5. The Bertz CT molecular complexity index is 1550. The van der Waals surface area contributed by atoms with E-state index in [4.69, 9.17) is 15.5 Å². The summed E-state index contributed by atoms with van der Waals surface area (Å²) in [4.78, 5) is 18.1. The van der Waals surface area contributed by atoms with E-state index < -0.39 is 15.1 Å². The maximum absolute atomic E-state index is 13.5. The molecular formula is C30H38N6O3S. The first-order chi connectivity index (χ1) is 19.0. The number of anilines is 2. The maximum Gasteiger partial charge on any atom is 0.185 e. The van der Waals surface area contributed by atoms with Crippen molar-refractivity contribution in [2.45, 2.75) is 68.7 Å². The minimum atomic E-state index is -3.58. The van der Waals surface area contributed by atoms with Crippen LogP contribution in [0.15, 0.2) is 41.7 Å². The molecule has 3 aliphatic rings. The van der Waals surface area contributed by atoms with Crippen LogP contribution in [0.4, 0.5) is 11.6 Å². The molecule has 2 N–H and O–H groups in total. The summed E-state index contributed by atoms with van der Waals surface area (Å²) in [6, 6.07) is 7.95. The van der Waals surface area contributed by atoms with Crippen LogP contribution in [0.1, 0.15) is 49.9 Å². The van der Waals surface area contributed by atoms with Crippen molar-refractivity contribution in [2.24, 2.45) is 5.41 Å². The predicted molar refractivity (Wildman–Crippen MR) is 156 cm³/mol. The number of aryl methyl sites for hydroxylation is 1. The fourth-order valence-corrected chi connectivity index (χ4v) is 8.06. The van der Waals surface area contributed by atoms with Crippen LogP contribution in [0.5, 0.6) is 5.75 Å². The van der Waals surface area contributed by atoms with Crippen molar-refractivity contribution in [1.82, 2.24) is 19.9 Å². The number of ether oxygens (including phenoxy) is 1. The van der Waals surface area contributed by atoms with Gasteiger partial charge in [0.05, 0.1) is 11.8 Å². The van der Waals surface area contributed by atoms with E-state index in [-0.39, 0.29) is 22.2 Å². The molecule has 0 saturated heterocycles. The molecule has 1 aliphatic heterocycles. The Morgan fingerprint density at radius 3 is 2.67 bits per heavy atom. The fourth-order valence-electron chi connectivity index (χ4n) is 6.12. The fraction of sp³-hybridized carbons (Fsp3) is 0.500. The third-order valence-corrected chi connectivity index (χ3v) is 11.0. The SMILES string of the molecule is CN(C)C1CC(S(=O)(=O)c2cc(-c3ccc4c(c3)CN(c3ncnc5c3CC(C)(C)CC5)CCO4)cnc2N)C1. The van der Waals surface area contributed by atoms with Gasteiger partial charge in [-0.25, -0.2) is 23.4 Å². The van der Waals surface area contributed by atoms with E-state index in [1.807, 2.05) is 26.2 Å². The largest absolute Gasteiger partial charge is 0.491 e. The Morgan fingerprint density at radius 1 is 1.10 bits per heavy atom. The van der Waals surface area contributed by atoms with Crippen LogP contribution >= 0.6 is 0 Å². The van der Waals surface area contributed by atoms with E-state index >= 15 is 0 Å². The summed E-state index contributed by atoms with van der Waals surface area (Å²) in [6.45, 7) is 6.51. The molecule has 0 bridgehead atoms. The molecule has 0 unspecified atom stereocenters. The van der Waals surface area contributed by atoms with Crippen molar-refractivity contribution in [2.75, 3.05) is 37.9 Å². The second kappa shape index (κ2) is 9.99. The van der Waals surface area contributed by atoms with Gasteiger partial charge in [0.1, 0.15) is 35.2 Å². The van der Waals surface area contributed by atoms with Crippen molar-refractivity contribution in [3.05, 3.63) is 53.6 Å². The maximum atomic E-state index is 13.5. The number of aromatic nitrogens is 3. The van der Waals surface area contributed by atoms with Crippen molar-refractivity contribution < 1.29 is 13.2 Å². The van der Waals surface area contributed by atoms with Crippen molar-refractivity contribution in [1.29, 1.82) is 0 Å². The first-order valence-corrected chi connectivity index (χ1v) is 15.6. The number of pyridine rings is 1. The number of hydrogen-bond acceptors (Lipinski definition) is 9. The van der Waals surface area contributed by atoms with Crippen LogP contribution in [0.2, 0.25) is 0 Å². The first-order valence-electron chi connectivity index (χ1n) is 14.0. The van der Waals surface area contributed by atoms with Gasteiger partial charge < -0.3 is 20.3 Å².